The maximum Gasteiger partial charge on any atom is 0.294 e. The minimum absolute atomic E-state index is 0.238. The molecule has 0 unspecified atom stereocenters. The molecule has 0 radical (unpaired) electrons. The Morgan fingerprint density at radius 3 is 2.72 bits per heavy atom. The van der Waals surface area contributed by atoms with Crippen molar-refractivity contribution >= 4 is 97.4 Å². The molecule has 2 aromatic carbocycles. The van der Waals surface area contributed by atoms with Crippen LogP contribution in [0.1, 0.15) is 5.56 Å². The fraction of sp³-hybridized carbons (Fsp3) is 0.105. The number of anilines is 1. The first-order chi connectivity index (χ1) is 13.8. The van der Waals surface area contributed by atoms with Crippen LogP contribution in [0.5, 0.6) is 5.75 Å². The number of nitrogens with zero attached hydrogens (tertiary/aromatic N) is 1. The Hall–Kier alpha value is -1.31. The average molecular weight is 655 g/mol. The van der Waals surface area contributed by atoms with Crippen molar-refractivity contribution in [3.8, 4) is 5.75 Å². The number of carbonyl (C=O) groups is 3. The SMILES string of the molecule is COc1c(I)cc(I)cc1/C=C1/SC(=O)N(CC(=O)Nc2cccc(Cl)c2)C1=O. The number of ether oxygens (including phenoxy) is 1. The molecule has 1 saturated heterocycles. The quantitative estimate of drug-likeness (QED) is 0.353. The highest BCUT2D eigenvalue weighted by molar-refractivity contribution is 14.1. The maximum atomic E-state index is 12.7. The van der Waals surface area contributed by atoms with Gasteiger partial charge < -0.3 is 10.1 Å². The summed E-state index contributed by atoms with van der Waals surface area (Å²) in [5, 5.41) is 2.60. The number of benzene rings is 2. The molecule has 1 aliphatic heterocycles. The largest absolute Gasteiger partial charge is 0.495 e. The molecule has 150 valence electrons. The second kappa shape index (κ2) is 9.67. The van der Waals surface area contributed by atoms with Crippen LogP contribution in [-0.4, -0.2) is 35.6 Å². The minimum atomic E-state index is -0.517. The number of hydrogen-bond acceptors (Lipinski definition) is 5. The molecule has 6 nitrogen and oxygen atoms in total. The molecule has 2 aromatic rings. The van der Waals surface area contributed by atoms with E-state index in [9.17, 15) is 14.4 Å². The number of carbonyl (C=O) groups excluding carboxylic acids is 3. The lowest BCUT2D eigenvalue weighted by Gasteiger charge is -2.12. The monoisotopic (exact) mass is 654 g/mol. The fourth-order valence-electron chi connectivity index (χ4n) is 2.59. The molecule has 0 aliphatic carbocycles. The van der Waals surface area contributed by atoms with Crippen LogP contribution < -0.4 is 10.1 Å². The Morgan fingerprint density at radius 1 is 1.28 bits per heavy atom. The summed E-state index contributed by atoms with van der Waals surface area (Å²) in [5.74, 6) is -0.383. The second-order valence-corrected chi connectivity index (χ2v) is 9.67. The molecule has 0 saturated carbocycles. The zero-order valence-electron chi connectivity index (χ0n) is 14.9. The van der Waals surface area contributed by atoms with E-state index in [2.05, 4.69) is 50.5 Å². The van der Waals surface area contributed by atoms with E-state index in [1.165, 1.54) is 0 Å². The van der Waals surface area contributed by atoms with Crippen LogP contribution in [-0.2, 0) is 9.59 Å². The Labute approximate surface area is 203 Å². The van der Waals surface area contributed by atoms with E-state index in [-0.39, 0.29) is 11.4 Å². The van der Waals surface area contributed by atoms with E-state index in [4.69, 9.17) is 16.3 Å². The van der Waals surface area contributed by atoms with Gasteiger partial charge in [0.2, 0.25) is 5.91 Å². The number of halogens is 3. The van der Waals surface area contributed by atoms with Gasteiger partial charge in [-0.3, -0.25) is 19.3 Å². The molecule has 3 rings (SSSR count). The van der Waals surface area contributed by atoms with Gasteiger partial charge >= 0.3 is 0 Å². The van der Waals surface area contributed by atoms with Crippen molar-refractivity contribution in [2.24, 2.45) is 0 Å². The maximum absolute atomic E-state index is 12.7. The number of methoxy groups -OCH3 is 1. The third-order valence-electron chi connectivity index (χ3n) is 3.81. The summed E-state index contributed by atoms with van der Waals surface area (Å²) in [4.78, 5) is 38.4. The predicted molar refractivity (Wildman–Crippen MR) is 131 cm³/mol. The summed E-state index contributed by atoms with van der Waals surface area (Å²) in [6, 6.07) is 10.4. The highest BCUT2D eigenvalue weighted by Gasteiger charge is 2.36. The van der Waals surface area contributed by atoms with Crippen molar-refractivity contribution in [2.45, 2.75) is 0 Å². The molecule has 1 aliphatic rings. The first kappa shape index (κ1) is 22.4. The molecule has 29 heavy (non-hydrogen) atoms. The molecule has 1 heterocycles. The van der Waals surface area contributed by atoms with Gasteiger partial charge in [-0.1, -0.05) is 17.7 Å². The van der Waals surface area contributed by atoms with E-state index < -0.39 is 17.1 Å². The standard InChI is InChI=1S/C19H13ClI2N2O4S/c1-28-17-10(5-12(21)8-14(17)22)6-15-18(26)24(19(27)29-15)9-16(25)23-13-4-2-3-11(20)7-13/h2-8H,9H2,1H3,(H,23,25)/b15-6+. The van der Waals surface area contributed by atoms with Gasteiger partial charge in [0, 0.05) is 19.8 Å². The van der Waals surface area contributed by atoms with Crippen LogP contribution in [0.3, 0.4) is 0 Å². The molecular formula is C19H13ClI2N2O4S. The first-order valence-corrected chi connectivity index (χ1v) is 11.5. The molecule has 10 heteroatoms. The van der Waals surface area contributed by atoms with Gasteiger partial charge in [0.05, 0.1) is 15.6 Å². The van der Waals surface area contributed by atoms with Crippen molar-refractivity contribution in [2.75, 3.05) is 19.0 Å². The van der Waals surface area contributed by atoms with E-state index in [1.54, 1.807) is 37.5 Å². The van der Waals surface area contributed by atoms with Crippen molar-refractivity contribution in [1.82, 2.24) is 4.90 Å². The van der Waals surface area contributed by atoms with Crippen LogP contribution in [0.25, 0.3) is 6.08 Å². The van der Waals surface area contributed by atoms with E-state index in [0.717, 1.165) is 23.8 Å². The highest BCUT2D eigenvalue weighted by Crippen LogP contribution is 2.36. The Balaban J connectivity index is 1.78. The van der Waals surface area contributed by atoms with Crippen LogP contribution in [0.4, 0.5) is 10.5 Å². The van der Waals surface area contributed by atoms with E-state index in [1.807, 2.05) is 12.1 Å². The predicted octanol–water partition coefficient (Wildman–Crippen LogP) is 5.23. The Morgan fingerprint density at radius 2 is 2.03 bits per heavy atom. The zero-order valence-corrected chi connectivity index (χ0v) is 20.8. The normalized spacial score (nSPS) is 15.2. The lowest BCUT2D eigenvalue weighted by Crippen LogP contribution is -2.36. The minimum Gasteiger partial charge on any atom is -0.495 e. The molecule has 1 fully saturated rings. The van der Waals surface area contributed by atoms with Crippen LogP contribution in [0.15, 0.2) is 41.3 Å². The topological polar surface area (TPSA) is 75.7 Å². The Bertz CT molecular complexity index is 1040. The van der Waals surface area contributed by atoms with Gasteiger partial charge in [-0.05, 0) is 93.4 Å². The fourth-order valence-corrected chi connectivity index (χ4v) is 5.72. The molecule has 1 N–H and O–H groups in total. The van der Waals surface area contributed by atoms with Gasteiger partial charge in [-0.2, -0.15) is 0 Å². The zero-order chi connectivity index (χ0) is 21.1. The van der Waals surface area contributed by atoms with Crippen molar-refractivity contribution in [3.05, 3.63) is 59.0 Å². The summed E-state index contributed by atoms with van der Waals surface area (Å²) in [5.41, 5.74) is 1.18. The number of rotatable bonds is 5. The Kier molecular flexibility index (Phi) is 7.46. The van der Waals surface area contributed by atoms with Crippen LogP contribution in [0.2, 0.25) is 5.02 Å². The van der Waals surface area contributed by atoms with Gasteiger partial charge in [-0.25, -0.2) is 0 Å². The second-order valence-electron chi connectivity index (χ2n) is 5.84. The lowest BCUT2D eigenvalue weighted by molar-refractivity contribution is -0.127. The number of amides is 3. The summed E-state index contributed by atoms with van der Waals surface area (Å²) in [6.07, 6.45) is 1.61. The van der Waals surface area contributed by atoms with Gasteiger partial charge in [-0.15, -0.1) is 0 Å². The highest BCUT2D eigenvalue weighted by atomic mass is 127. The summed E-state index contributed by atoms with van der Waals surface area (Å²) < 4.78 is 7.28. The number of hydrogen-bond donors (Lipinski definition) is 1. The van der Waals surface area contributed by atoms with E-state index in [0.29, 0.717) is 22.0 Å². The van der Waals surface area contributed by atoms with Crippen molar-refractivity contribution in [3.63, 3.8) is 0 Å². The smallest absolute Gasteiger partial charge is 0.294 e. The molecular weight excluding hydrogens is 642 g/mol. The van der Waals surface area contributed by atoms with Crippen molar-refractivity contribution in [1.29, 1.82) is 0 Å². The third kappa shape index (κ3) is 5.44. The van der Waals surface area contributed by atoms with E-state index >= 15 is 0 Å². The van der Waals surface area contributed by atoms with Crippen LogP contribution in [0, 0.1) is 7.14 Å². The first-order valence-electron chi connectivity index (χ1n) is 8.12. The van der Waals surface area contributed by atoms with Gasteiger partial charge in [0.1, 0.15) is 12.3 Å². The van der Waals surface area contributed by atoms with Crippen LogP contribution >= 0.6 is 68.5 Å². The molecule has 3 amide bonds. The number of imide groups is 1. The molecule has 0 bridgehead atoms. The summed E-state index contributed by atoms with van der Waals surface area (Å²) in [7, 11) is 1.55. The molecule has 0 aromatic heterocycles. The average Bonchev–Trinajstić information content (AvgIpc) is 2.89. The lowest BCUT2D eigenvalue weighted by atomic mass is 10.2. The number of thioether (sulfide) groups is 1. The summed E-state index contributed by atoms with van der Waals surface area (Å²) in [6.45, 7) is -0.379. The van der Waals surface area contributed by atoms with Crippen molar-refractivity contribution < 1.29 is 19.1 Å². The molecule has 0 spiro atoms. The van der Waals surface area contributed by atoms with Gasteiger partial charge in [0.25, 0.3) is 11.1 Å². The summed E-state index contributed by atoms with van der Waals surface area (Å²) >= 11 is 11.0. The van der Waals surface area contributed by atoms with Gasteiger partial charge in [0.15, 0.2) is 0 Å². The number of nitrogens with one attached hydrogen (secondary N) is 1. The molecule has 0 atom stereocenters. The third-order valence-corrected chi connectivity index (χ3v) is 6.38.